The second kappa shape index (κ2) is 6.89. The number of hydrogen-bond acceptors (Lipinski definition) is 7. The van der Waals surface area contributed by atoms with E-state index in [4.69, 9.17) is 16.3 Å². The molecule has 0 radical (unpaired) electrons. The van der Waals surface area contributed by atoms with Crippen LogP contribution in [0, 0.1) is 0 Å². The van der Waals surface area contributed by atoms with Gasteiger partial charge in [0.25, 0.3) is 5.91 Å². The molecule has 9 heteroatoms. The van der Waals surface area contributed by atoms with Crippen LogP contribution in [-0.4, -0.2) is 48.7 Å². The number of carbonyl (C=O) groups excluding carboxylic acids is 1. The first kappa shape index (κ1) is 16.2. The number of rotatable bonds is 3. The van der Waals surface area contributed by atoms with E-state index in [-0.39, 0.29) is 18.0 Å². The molecule has 0 spiro atoms. The van der Waals surface area contributed by atoms with Crippen LogP contribution < -0.4 is 4.74 Å². The van der Waals surface area contributed by atoms with Crippen molar-refractivity contribution in [3.63, 3.8) is 0 Å². The zero-order chi connectivity index (χ0) is 17.2. The fourth-order valence-electron chi connectivity index (χ4n) is 2.83. The Labute approximate surface area is 152 Å². The number of hydrogen-bond donors (Lipinski definition) is 0. The largest absolute Gasteiger partial charge is 0.458 e. The first-order chi connectivity index (χ1) is 12.2. The average molecular weight is 376 g/mol. The lowest BCUT2D eigenvalue weighted by molar-refractivity contribution is 0.0516. The quantitative estimate of drug-likeness (QED) is 0.700. The van der Waals surface area contributed by atoms with Crippen molar-refractivity contribution in [2.24, 2.45) is 0 Å². The highest BCUT2D eigenvalue weighted by atomic mass is 35.5. The van der Waals surface area contributed by atoms with Crippen molar-refractivity contribution in [3.05, 3.63) is 41.2 Å². The molecule has 1 saturated heterocycles. The number of fused-ring (bicyclic) bond motifs is 1. The molecule has 4 rings (SSSR count). The molecular weight excluding hydrogens is 362 g/mol. The van der Waals surface area contributed by atoms with Gasteiger partial charge in [-0.25, -0.2) is 9.97 Å². The first-order valence-corrected chi connectivity index (χ1v) is 8.96. The van der Waals surface area contributed by atoms with Gasteiger partial charge in [0.2, 0.25) is 0 Å². The predicted molar refractivity (Wildman–Crippen MR) is 94.0 cm³/mol. The number of piperidine rings is 1. The van der Waals surface area contributed by atoms with Crippen molar-refractivity contribution in [2.45, 2.75) is 18.9 Å². The molecule has 3 heterocycles. The lowest BCUT2D eigenvalue weighted by Crippen LogP contribution is -2.44. The zero-order valence-corrected chi connectivity index (χ0v) is 14.7. The molecule has 2 aromatic heterocycles. The average Bonchev–Trinajstić information content (AvgIpc) is 3.11. The second-order valence-electron chi connectivity index (χ2n) is 5.78. The van der Waals surface area contributed by atoms with Gasteiger partial charge in [0.05, 0.1) is 35.7 Å². The number of carbonyl (C=O) groups is 1. The molecule has 3 aromatic rings. The summed E-state index contributed by atoms with van der Waals surface area (Å²) in [5.74, 6) is -0.0276. The minimum Gasteiger partial charge on any atom is -0.458 e. The van der Waals surface area contributed by atoms with Crippen molar-refractivity contribution in [2.75, 3.05) is 13.1 Å². The van der Waals surface area contributed by atoms with Crippen molar-refractivity contribution >= 4 is 40.3 Å². The van der Waals surface area contributed by atoms with Crippen molar-refractivity contribution in [1.82, 2.24) is 23.6 Å². The van der Waals surface area contributed by atoms with Gasteiger partial charge in [0.1, 0.15) is 17.1 Å². The van der Waals surface area contributed by atoms with Crippen LogP contribution in [0.4, 0.5) is 0 Å². The van der Waals surface area contributed by atoms with E-state index in [1.54, 1.807) is 17.0 Å². The molecular formula is C16H14ClN5O2S. The fraction of sp³-hybridized carbons (Fsp3) is 0.312. The lowest BCUT2D eigenvalue weighted by atomic mass is 10.1. The standard InChI is InChI=1S/C16H14ClN5O2S/c17-11-7-18-16(19-8-11)24-12-2-1-5-22(9-12)15(23)10-3-4-13-14(6-10)21-25-20-13/h3-4,6-8,12H,1-2,5,9H2. The van der Waals surface area contributed by atoms with E-state index in [9.17, 15) is 4.79 Å². The maximum Gasteiger partial charge on any atom is 0.316 e. The first-order valence-electron chi connectivity index (χ1n) is 7.85. The van der Waals surface area contributed by atoms with E-state index in [1.807, 2.05) is 6.07 Å². The van der Waals surface area contributed by atoms with E-state index in [1.165, 1.54) is 12.4 Å². The molecule has 1 atom stereocenters. The minimum absolute atomic E-state index is 0.0276. The van der Waals surface area contributed by atoms with Gasteiger partial charge in [-0.15, -0.1) is 0 Å². The van der Waals surface area contributed by atoms with E-state index < -0.39 is 0 Å². The van der Waals surface area contributed by atoms with E-state index >= 15 is 0 Å². The van der Waals surface area contributed by atoms with Crippen molar-refractivity contribution in [1.29, 1.82) is 0 Å². The summed E-state index contributed by atoms with van der Waals surface area (Å²) in [5.41, 5.74) is 2.17. The molecule has 1 aliphatic heterocycles. The number of likely N-dealkylation sites (tertiary alicyclic amines) is 1. The van der Waals surface area contributed by atoms with Gasteiger partial charge >= 0.3 is 6.01 Å². The number of ether oxygens (including phenoxy) is 1. The van der Waals surface area contributed by atoms with Gasteiger partial charge in [-0.3, -0.25) is 4.79 Å². The van der Waals surface area contributed by atoms with Crippen LogP contribution in [0.2, 0.25) is 5.02 Å². The molecule has 1 amide bonds. The third-order valence-corrected chi connectivity index (χ3v) is 4.79. The van der Waals surface area contributed by atoms with Crippen LogP contribution in [0.15, 0.2) is 30.6 Å². The highest BCUT2D eigenvalue weighted by Crippen LogP contribution is 2.20. The van der Waals surface area contributed by atoms with Gasteiger partial charge in [-0.05, 0) is 31.0 Å². The molecule has 0 bridgehead atoms. The SMILES string of the molecule is O=C(c1ccc2nsnc2c1)N1CCCC(Oc2ncc(Cl)cn2)C1. The number of halogens is 1. The number of nitrogens with zero attached hydrogens (tertiary/aromatic N) is 5. The van der Waals surface area contributed by atoms with Crippen LogP contribution in [0.3, 0.4) is 0 Å². The van der Waals surface area contributed by atoms with Crippen LogP contribution in [0.5, 0.6) is 6.01 Å². The van der Waals surface area contributed by atoms with Crippen LogP contribution in [0.1, 0.15) is 23.2 Å². The summed E-state index contributed by atoms with van der Waals surface area (Å²) in [7, 11) is 0. The summed E-state index contributed by atoms with van der Waals surface area (Å²) in [6.45, 7) is 1.20. The van der Waals surface area contributed by atoms with E-state index in [0.29, 0.717) is 23.7 Å². The minimum atomic E-state index is -0.136. The normalized spacial score (nSPS) is 17.6. The Kier molecular flexibility index (Phi) is 4.46. The van der Waals surface area contributed by atoms with Crippen molar-refractivity contribution in [3.8, 4) is 6.01 Å². The number of benzene rings is 1. The Hall–Kier alpha value is -2.32. The Bertz CT molecular complexity index is 901. The Balaban J connectivity index is 1.46. The molecule has 0 saturated carbocycles. The molecule has 25 heavy (non-hydrogen) atoms. The summed E-state index contributed by atoms with van der Waals surface area (Å²) >= 11 is 6.92. The van der Waals surface area contributed by atoms with Crippen LogP contribution in [0.25, 0.3) is 11.0 Å². The van der Waals surface area contributed by atoms with Gasteiger partial charge in [-0.2, -0.15) is 8.75 Å². The highest BCUT2D eigenvalue weighted by Gasteiger charge is 2.26. The van der Waals surface area contributed by atoms with Gasteiger partial charge in [-0.1, -0.05) is 11.6 Å². The maximum absolute atomic E-state index is 12.8. The molecule has 1 aromatic carbocycles. The van der Waals surface area contributed by atoms with Gasteiger partial charge < -0.3 is 9.64 Å². The summed E-state index contributed by atoms with van der Waals surface area (Å²) in [6, 6.07) is 5.68. The predicted octanol–water partition coefficient (Wildman–Crippen LogP) is 2.82. The topological polar surface area (TPSA) is 81.1 Å². The third-order valence-electron chi connectivity index (χ3n) is 4.03. The monoisotopic (exact) mass is 375 g/mol. The number of amides is 1. The van der Waals surface area contributed by atoms with Crippen LogP contribution in [-0.2, 0) is 0 Å². The Morgan fingerprint density at radius 2 is 2.04 bits per heavy atom. The van der Waals surface area contributed by atoms with Crippen LogP contribution >= 0.6 is 23.3 Å². The van der Waals surface area contributed by atoms with Crippen molar-refractivity contribution < 1.29 is 9.53 Å². The highest BCUT2D eigenvalue weighted by molar-refractivity contribution is 7.00. The summed E-state index contributed by atoms with van der Waals surface area (Å²) in [5, 5.41) is 0.458. The molecule has 0 aliphatic carbocycles. The molecule has 7 nitrogen and oxygen atoms in total. The summed E-state index contributed by atoms with van der Waals surface area (Å²) in [4.78, 5) is 22.7. The molecule has 0 N–H and O–H groups in total. The van der Waals surface area contributed by atoms with E-state index in [2.05, 4.69) is 18.7 Å². The fourth-order valence-corrected chi connectivity index (χ4v) is 3.44. The summed E-state index contributed by atoms with van der Waals surface area (Å²) < 4.78 is 14.1. The Morgan fingerprint density at radius 3 is 2.88 bits per heavy atom. The van der Waals surface area contributed by atoms with Gasteiger partial charge in [0.15, 0.2) is 0 Å². The number of aromatic nitrogens is 4. The smallest absolute Gasteiger partial charge is 0.316 e. The maximum atomic E-state index is 12.8. The van der Waals surface area contributed by atoms with Gasteiger partial charge in [0, 0.05) is 12.1 Å². The lowest BCUT2D eigenvalue weighted by Gasteiger charge is -2.32. The third kappa shape index (κ3) is 3.54. The van der Waals surface area contributed by atoms with E-state index in [0.717, 1.165) is 35.6 Å². The Morgan fingerprint density at radius 1 is 1.24 bits per heavy atom. The molecule has 1 fully saturated rings. The zero-order valence-electron chi connectivity index (χ0n) is 13.1. The molecule has 1 unspecified atom stereocenters. The molecule has 1 aliphatic rings. The summed E-state index contributed by atoms with van der Waals surface area (Å²) in [6.07, 6.45) is 4.57. The second-order valence-corrected chi connectivity index (χ2v) is 6.75. The molecule has 128 valence electrons.